The van der Waals surface area contributed by atoms with E-state index in [1.165, 1.54) is 30.2 Å². The summed E-state index contributed by atoms with van der Waals surface area (Å²) in [5.41, 5.74) is 4.34. The zero-order chi connectivity index (χ0) is 30.2. The first kappa shape index (κ1) is 29.3. The lowest BCUT2D eigenvalue weighted by Crippen LogP contribution is -2.29. The van der Waals surface area contributed by atoms with Crippen molar-refractivity contribution in [3.63, 3.8) is 0 Å². The van der Waals surface area contributed by atoms with Crippen molar-refractivity contribution in [3.05, 3.63) is 114 Å². The van der Waals surface area contributed by atoms with Crippen molar-refractivity contribution >= 4 is 52.6 Å². The Kier molecular flexibility index (Phi) is 8.96. The van der Waals surface area contributed by atoms with E-state index in [-0.39, 0.29) is 23.2 Å². The number of halogens is 3. The third kappa shape index (κ3) is 7.74. The van der Waals surface area contributed by atoms with E-state index in [9.17, 15) is 18.0 Å². The van der Waals surface area contributed by atoms with Gasteiger partial charge in [-0.15, -0.1) is 18.3 Å². The number of rotatable bonds is 8. The lowest BCUT2D eigenvalue weighted by atomic mass is 10.0. The molecule has 1 saturated heterocycles. The van der Waals surface area contributed by atoms with Gasteiger partial charge in [0, 0.05) is 11.1 Å². The van der Waals surface area contributed by atoms with Crippen LogP contribution < -0.4 is 15.0 Å². The highest BCUT2D eigenvalue weighted by molar-refractivity contribution is 8.15. The highest BCUT2D eigenvalue weighted by atomic mass is 32.2. The Bertz CT molecular complexity index is 1690. The molecule has 0 atom stereocenters. The minimum atomic E-state index is -4.76. The van der Waals surface area contributed by atoms with Gasteiger partial charge in [-0.1, -0.05) is 84.6 Å². The average Bonchev–Trinajstić information content (AvgIpc) is 3.37. The molecule has 0 aliphatic carbocycles. The van der Waals surface area contributed by atoms with Gasteiger partial charge >= 0.3 is 6.36 Å². The summed E-state index contributed by atoms with van der Waals surface area (Å²) >= 11 is 1.32. The van der Waals surface area contributed by atoms with Gasteiger partial charge in [0.05, 0.1) is 29.7 Å². The maximum absolute atomic E-state index is 12.8. The second kappa shape index (κ2) is 13.2. The summed E-state index contributed by atoms with van der Waals surface area (Å²) in [5, 5.41) is 20.0. The van der Waals surface area contributed by atoms with Gasteiger partial charge in [-0.3, -0.25) is 15.1 Å². The topological polar surface area (TPSA) is 102 Å². The van der Waals surface area contributed by atoms with Crippen LogP contribution in [0.1, 0.15) is 11.1 Å². The number of hydrogen-bond acceptors (Lipinski definition) is 7. The van der Waals surface area contributed by atoms with Crippen LogP contribution >= 0.6 is 11.8 Å². The molecule has 1 fully saturated rings. The SMILES string of the molecule is N=C(NC=Nc1ccc(OC(F)(F)F)cc1)c1ccc(/C=N\N=C2\SCC(=O)N2c2ccccc2-c2ccccc2)cc1. The summed E-state index contributed by atoms with van der Waals surface area (Å²) in [4.78, 5) is 18.5. The molecule has 4 aromatic carbocycles. The minimum Gasteiger partial charge on any atom is -0.406 e. The molecule has 216 valence electrons. The van der Waals surface area contributed by atoms with Crippen molar-refractivity contribution in [1.29, 1.82) is 5.41 Å². The molecule has 0 bridgehead atoms. The molecular weight excluding hydrogens is 577 g/mol. The van der Waals surface area contributed by atoms with Gasteiger partial charge in [-0.2, -0.15) is 5.10 Å². The summed E-state index contributed by atoms with van der Waals surface area (Å²) in [6, 6.07) is 29.5. The molecule has 12 heteroatoms. The smallest absolute Gasteiger partial charge is 0.406 e. The highest BCUT2D eigenvalue weighted by Crippen LogP contribution is 2.35. The summed E-state index contributed by atoms with van der Waals surface area (Å²) in [6.45, 7) is 0. The first-order valence-electron chi connectivity index (χ1n) is 12.8. The Morgan fingerprint density at radius 3 is 2.35 bits per heavy atom. The Labute approximate surface area is 249 Å². The fourth-order valence-electron chi connectivity index (χ4n) is 4.07. The number of hydrogen-bond donors (Lipinski definition) is 2. The van der Waals surface area contributed by atoms with E-state index in [1.54, 1.807) is 35.4 Å². The number of carbonyl (C=O) groups excluding carboxylic acids is 1. The van der Waals surface area contributed by atoms with E-state index in [1.807, 2.05) is 54.6 Å². The molecule has 1 aliphatic heterocycles. The van der Waals surface area contributed by atoms with Gasteiger partial charge < -0.3 is 10.1 Å². The minimum absolute atomic E-state index is 0.0677. The number of nitrogens with one attached hydrogen (secondary N) is 2. The van der Waals surface area contributed by atoms with Crippen LogP contribution in [-0.4, -0.2) is 41.6 Å². The van der Waals surface area contributed by atoms with Crippen molar-refractivity contribution in [1.82, 2.24) is 5.32 Å². The van der Waals surface area contributed by atoms with Crippen LogP contribution in [0.25, 0.3) is 11.1 Å². The quantitative estimate of drug-likeness (QED) is 0.129. The Balaban J connectivity index is 1.21. The van der Waals surface area contributed by atoms with Crippen LogP contribution in [0.15, 0.2) is 118 Å². The molecule has 1 aliphatic rings. The Hall–Kier alpha value is -5.23. The number of alkyl halides is 3. The first-order chi connectivity index (χ1) is 20.8. The molecule has 5 rings (SSSR count). The number of amides is 1. The highest BCUT2D eigenvalue weighted by Gasteiger charge is 2.32. The molecule has 1 amide bonds. The van der Waals surface area contributed by atoms with E-state index >= 15 is 0 Å². The molecule has 0 saturated carbocycles. The summed E-state index contributed by atoms with van der Waals surface area (Å²) < 4.78 is 40.7. The van der Waals surface area contributed by atoms with Gasteiger partial charge in [0.25, 0.3) is 0 Å². The van der Waals surface area contributed by atoms with E-state index in [4.69, 9.17) is 5.41 Å². The third-order valence-corrected chi connectivity index (χ3v) is 6.95. The number of nitrogens with zero attached hydrogens (tertiary/aromatic N) is 4. The van der Waals surface area contributed by atoms with Crippen molar-refractivity contribution < 1.29 is 22.7 Å². The average molecular weight is 601 g/mol. The van der Waals surface area contributed by atoms with Crippen molar-refractivity contribution in [2.45, 2.75) is 6.36 Å². The van der Waals surface area contributed by atoms with E-state index in [0.717, 1.165) is 34.5 Å². The third-order valence-electron chi connectivity index (χ3n) is 6.04. The zero-order valence-electron chi connectivity index (χ0n) is 22.3. The zero-order valence-corrected chi connectivity index (χ0v) is 23.1. The Morgan fingerprint density at radius 1 is 0.930 bits per heavy atom. The number of anilines is 1. The van der Waals surface area contributed by atoms with Crippen molar-refractivity contribution in [2.24, 2.45) is 15.2 Å². The molecule has 0 radical (unpaired) electrons. The number of carbonyl (C=O) groups is 1. The van der Waals surface area contributed by atoms with Crippen molar-refractivity contribution in [3.8, 4) is 16.9 Å². The number of thioether (sulfide) groups is 1. The van der Waals surface area contributed by atoms with Gasteiger partial charge in [-0.05, 0) is 41.5 Å². The molecule has 0 spiro atoms. The normalized spacial score (nSPS) is 14.6. The van der Waals surface area contributed by atoms with Crippen LogP contribution in [0.2, 0.25) is 0 Å². The van der Waals surface area contributed by atoms with Gasteiger partial charge in [-0.25, -0.2) is 4.99 Å². The van der Waals surface area contributed by atoms with E-state index < -0.39 is 6.36 Å². The van der Waals surface area contributed by atoms with Gasteiger partial charge in [0.2, 0.25) is 5.91 Å². The fourth-order valence-corrected chi connectivity index (χ4v) is 4.89. The molecule has 0 unspecified atom stereocenters. The molecular formula is C31H23F3N6O2S. The van der Waals surface area contributed by atoms with Gasteiger partial charge in [0.15, 0.2) is 5.17 Å². The molecule has 8 nitrogen and oxygen atoms in total. The number of para-hydroxylation sites is 1. The predicted octanol–water partition coefficient (Wildman–Crippen LogP) is 7.00. The molecule has 0 aromatic heterocycles. The van der Waals surface area contributed by atoms with E-state index in [2.05, 4.69) is 25.2 Å². The molecule has 4 aromatic rings. The number of ether oxygens (including phenoxy) is 1. The monoisotopic (exact) mass is 600 g/mol. The maximum atomic E-state index is 12.8. The Morgan fingerprint density at radius 2 is 1.63 bits per heavy atom. The largest absolute Gasteiger partial charge is 0.573 e. The maximum Gasteiger partial charge on any atom is 0.573 e. The van der Waals surface area contributed by atoms with Crippen LogP contribution in [0.3, 0.4) is 0 Å². The summed E-state index contributed by atoms with van der Waals surface area (Å²) in [6.07, 6.45) is -1.93. The van der Waals surface area contributed by atoms with Crippen LogP contribution in [-0.2, 0) is 4.79 Å². The standard InChI is InChI=1S/C31H23F3N6O2S/c32-31(33,34)42-25-16-14-24(15-17-25)36-20-37-29(35)23-12-10-21(11-13-23)18-38-39-30-40(28(41)19-43-30)27-9-5-4-8-26(27)22-6-2-1-3-7-22/h1-18,20H,19H2,(H2,35,36,37)/b38-18-,39-30+. The number of amidine groups is 2. The summed E-state index contributed by atoms with van der Waals surface area (Å²) in [5.74, 6) is -0.0854. The molecule has 43 heavy (non-hydrogen) atoms. The molecule has 1 heterocycles. The fraction of sp³-hybridized carbons (Fsp3) is 0.0645. The van der Waals surface area contributed by atoms with Crippen LogP contribution in [0.4, 0.5) is 24.5 Å². The second-order valence-electron chi connectivity index (χ2n) is 8.97. The van der Waals surface area contributed by atoms with Gasteiger partial charge in [0.1, 0.15) is 11.6 Å². The number of benzene rings is 4. The lowest BCUT2D eigenvalue weighted by Gasteiger charge is -2.19. The first-order valence-corrected chi connectivity index (χ1v) is 13.8. The predicted molar refractivity (Wildman–Crippen MR) is 165 cm³/mol. The van der Waals surface area contributed by atoms with Crippen LogP contribution in [0, 0.1) is 5.41 Å². The van der Waals surface area contributed by atoms with Crippen molar-refractivity contribution in [2.75, 3.05) is 10.7 Å². The number of aliphatic imine (C=N–C) groups is 1. The lowest BCUT2D eigenvalue weighted by molar-refractivity contribution is -0.274. The van der Waals surface area contributed by atoms with E-state index in [0.29, 0.717) is 16.4 Å². The molecule has 2 N–H and O–H groups in total. The van der Waals surface area contributed by atoms with Crippen LogP contribution in [0.5, 0.6) is 5.75 Å². The second-order valence-corrected chi connectivity index (χ2v) is 9.91. The summed E-state index contributed by atoms with van der Waals surface area (Å²) in [7, 11) is 0.